The highest BCUT2D eigenvalue weighted by Crippen LogP contribution is 2.10. The lowest BCUT2D eigenvalue weighted by Crippen LogP contribution is -2.39. The number of thioether (sulfide) groups is 1. The molecule has 0 unspecified atom stereocenters. The van der Waals surface area contributed by atoms with Crippen molar-refractivity contribution < 1.29 is 8.81 Å². The van der Waals surface area contributed by atoms with Crippen molar-refractivity contribution in [3.63, 3.8) is 0 Å². The lowest BCUT2D eigenvalue weighted by atomic mass is 10.1. The van der Waals surface area contributed by atoms with Crippen LogP contribution in [-0.4, -0.2) is 31.1 Å². The van der Waals surface area contributed by atoms with Crippen LogP contribution in [0, 0.1) is 12.7 Å². The van der Waals surface area contributed by atoms with Crippen molar-refractivity contribution in [2.24, 2.45) is 4.99 Å². The molecule has 0 saturated heterocycles. The molecule has 0 bridgehead atoms. The summed E-state index contributed by atoms with van der Waals surface area (Å²) in [4.78, 5) is 4.54. The summed E-state index contributed by atoms with van der Waals surface area (Å²) in [6.07, 6.45) is 4.53. The molecule has 0 amide bonds. The van der Waals surface area contributed by atoms with Crippen molar-refractivity contribution in [2.45, 2.75) is 19.9 Å². The maximum Gasteiger partial charge on any atom is 0.191 e. The van der Waals surface area contributed by atoms with Crippen molar-refractivity contribution >= 4 is 41.7 Å². The standard InChI is InChI=1S/C18H24FN3OS.HI/c1-14-5-6-15(12-17(14)19)13-22-18(21-9-11-24-2)20-8-7-16-4-3-10-23-16;/h3-6,10,12H,7-9,11,13H2,1-2H3,(H2,20,21,22);1H. The molecule has 0 aliphatic rings. The quantitative estimate of drug-likeness (QED) is 0.261. The lowest BCUT2D eigenvalue weighted by molar-refractivity contribution is 0.507. The number of furan rings is 1. The first-order valence-electron chi connectivity index (χ1n) is 7.97. The zero-order valence-electron chi connectivity index (χ0n) is 14.5. The minimum atomic E-state index is -0.189. The third kappa shape index (κ3) is 8.13. The van der Waals surface area contributed by atoms with Crippen LogP contribution in [0.15, 0.2) is 46.0 Å². The van der Waals surface area contributed by atoms with Gasteiger partial charge in [0.1, 0.15) is 11.6 Å². The van der Waals surface area contributed by atoms with E-state index in [2.05, 4.69) is 21.9 Å². The summed E-state index contributed by atoms with van der Waals surface area (Å²) in [5.74, 6) is 2.48. The van der Waals surface area contributed by atoms with E-state index in [0.29, 0.717) is 12.1 Å². The smallest absolute Gasteiger partial charge is 0.191 e. The first-order valence-corrected chi connectivity index (χ1v) is 9.37. The van der Waals surface area contributed by atoms with E-state index < -0.39 is 0 Å². The number of aliphatic imine (C=N–C) groups is 1. The van der Waals surface area contributed by atoms with Crippen LogP contribution in [0.4, 0.5) is 4.39 Å². The third-order valence-corrected chi connectivity index (χ3v) is 4.11. The van der Waals surface area contributed by atoms with Gasteiger partial charge in [-0.2, -0.15) is 11.8 Å². The molecule has 4 nitrogen and oxygen atoms in total. The Hall–Kier alpha value is -1.22. The van der Waals surface area contributed by atoms with Crippen LogP contribution in [0.3, 0.4) is 0 Å². The molecular weight excluding hydrogens is 452 g/mol. The third-order valence-electron chi connectivity index (χ3n) is 3.50. The molecule has 2 N–H and O–H groups in total. The molecule has 0 atom stereocenters. The van der Waals surface area contributed by atoms with Gasteiger partial charge < -0.3 is 15.1 Å². The molecule has 2 aromatic rings. The van der Waals surface area contributed by atoms with Crippen molar-refractivity contribution in [3.05, 3.63) is 59.3 Å². The second kappa shape index (κ2) is 12.2. The largest absolute Gasteiger partial charge is 0.469 e. The Labute approximate surface area is 170 Å². The van der Waals surface area contributed by atoms with Gasteiger partial charge in [0.15, 0.2) is 5.96 Å². The van der Waals surface area contributed by atoms with E-state index in [1.165, 1.54) is 0 Å². The highest BCUT2D eigenvalue weighted by Gasteiger charge is 2.02. The predicted molar refractivity (Wildman–Crippen MR) is 114 cm³/mol. The zero-order chi connectivity index (χ0) is 17.2. The fourth-order valence-electron chi connectivity index (χ4n) is 2.11. The number of nitrogens with zero attached hydrogens (tertiary/aromatic N) is 1. The number of halogens is 2. The summed E-state index contributed by atoms with van der Waals surface area (Å²) in [5, 5.41) is 6.58. The summed E-state index contributed by atoms with van der Waals surface area (Å²) >= 11 is 1.77. The molecule has 0 aliphatic carbocycles. The molecule has 138 valence electrons. The van der Waals surface area contributed by atoms with Crippen LogP contribution in [0.25, 0.3) is 0 Å². The van der Waals surface area contributed by atoms with Gasteiger partial charge in [-0.15, -0.1) is 24.0 Å². The molecule has 0 fully saturated rings. The van der Waals surface area contributed by atoms with Crippen LogP contribution in [0.5, 0.6) is 0 Å². The van der Waals surface area contributed by atoms with Crippen LogP contribution in [0.1, 0.15) is 16.9 Å². The molecule has 1 aromatic heterocycles. The van der Waals surface area contributed by atoms with E-state index in [1.807, 2.05) is 18.2 Å². The Balaban J connectivity index is 0.00000312. The summed E-state index contributed by atoms with van der Waals surface area (Å²) in [5.41, 5.74) is 1.51. The monoisotopic (exact) mass is 477 g/mol. The predicted octanol–water partition coefficient (Wildman–Crippen LogP) is 3.99. The molecule has 0 aliphatic heterocycles. The van der Waals surface area contributed by atoms with Crippen LogP contribution >= 0.6 is 35.7 Å². The second-order valence-electron chi connectivity index (χ2n) is 5.42. The zero-order valence-corrected chi connectivity index (χ0v) is 17.7. The average molecular weight is 477 g/mol. The minimum Gasteiger partial charge on any atom is -0.469 e. The molecule has 7 heteroatoms. The maximum atomic E-state index is 13.6. The maximum absolute atomic E-state index is 13.6. The number of guanidine groups is 1. The highest BCUT2D eigenvalue weighted by molar-refractivity contribution is 14.0. The molecule has 1 aromatic carbocycles. The van der Waals surface area contributed by atoms with E-state index in [1.54, 1.807) is 37.1 Å². The number of hydrogen-bond donors (Lipinski definition) is 2. The molecule has 2 rings (SSSR count). The van der Waals surface area contributed by atoms with Gasteiger partial charge in [0.2, 0.25) is 0 Å². The van der Waals surface area contributed by atoms with Gasteiger partial charge in [-0.05, 0) is 42.5 Å². The average Bonchev–Trinajstić information content (AvgIpc) is 3.09. The lowest BCUT2D eigenvalue weighted by Gasteiger charge is -2.12. The van der Waals surface area contributed by atoms with Crippen molar-refractivity contribution in [1.82, 2.24) is 10.6 Å². The van der Waals surface area contributed by atoms with Crippen LogP contribution in [-0.2, 0) is 13.0 Å². The fraction of sp³-hybridized carbons (Fsp3) is 0.389. The van der Waals surface area contributed by atoms with Gasteiger partial charge in [0.25, 0.3) is 0 Å². The van der Waals surface area contributed by atoms with Gasteiger partial charge in [-0.1, -0.05) is 12.1 Å². The van der Waals surface area contributed by atoms with Crippen LogP contribution in [0.2, 0.25) is 0 Å². The first-order chi connectivity index (χ1) is 11.7. The number of benzene rings is 1. The second-order valence-corrected chi connectivity index (χ2v) is 6.41. The van der Waals surface area contributed by atoms with E-state index in [9.17, 15) is 4.39 Å². The van der Waals surface area contributed by atoms with E-state index in [0.717, 1.165) is 42.5 Å². The normalized spacial score (nSPS) is 11.1. The van der Waals surface area contributed by atoms with E-state index in [4.69, 9.17) is 4.42 Å². The van der Waals surface area contributed by atoms with E-state index in [-0.39, 0.29) is 29.8 Å². The SMILES string of the molecule is CSCCNC(=NCc1ccc(C)c(F)c1)NCCc1ccco1.I. The molecule has 0 radical (unpaired) electrons. The van der Waals surface area contributed by atoms with Gasteiger partial charge >= 0.3 is 0 Å². The van der Waals surface area contributed by atoms with E-state index >= 15 is 0 Å². The molecule has 0 spiro atoms. The fourth-order valence-corrected chi connectivity index (χ4v) is 2.42. The Kier molecular flexibility index (Phi) is 10.6. The van der Waals surface area contributed by atoms with Crippen molar-refractivity contribution in [3.8, 4) is 0 Å². The molecular formula is C18H25FIN3OS. The Morgan fingerprint density at radius 3 is 2.72 bits per heavy atom. The summed E-state index contributed by atoms with van der Waals surface area (Å²) in [6.45, 7) is 3.75. The Bertz CT molecular complexity index is 650. The van der Waals surface area contributed by atoms with Gasteiger partial charge in [-0.3, -0.25) is 0 Å². The molecule has 1 heterocycles. The number of rotatable bonds is 8. The first kappa shape index (κ1) is 21.8. The Morgan fingerprint density at radius 1 is 1.24 bits per heavy atom. The summed E-state index contributed by atoms with van der Waals surface area (Å²) in [7, 11) is 0. The molecule has 25 heavy (non-hydrogen) atoms. The topological polar surface area (TPSA) is 49.6 Å². The number of hydrogen-bond acceptors (Lipinski definition) is 3. The van der Waals surface area contributed by atoms with Gasteiger partial charge in [0.05, 0.1) is 12.8 Å². The van der Waals surface area contributed by atoms with Gasteiger partial charge in [-0.25, -0.2) is 9.38 Å². The summed E-state index contributed by atoms with van der Waals surface area (Å²) in [6, 6.07) is 9.07. The number of aryl methyl sites for hydroxylation is 1. The summed E-state index contributed by atoms with van der Waals surface area (Å²) < 4.78 is 18.9. The Morgan fingerprint density at radius 2 is 2.04 bits per heavy atom. The highest BCUT2D eigenvalue weighted by atomic mass is 127. The van der Waals surface area contributed by atoms with Crippen LogP contribution < -0.4 is 10.6 Å². The molecule has 0 saturated carbocycles. The minimum absolute atomic E-state index is 0. The van der Waals surface area contributed by atoms with Crippen molar-refractivity contribution in [2.75, 3.05) is 25.1 Å². The van der Waals surface area contributed by atoms with Crippen molar-refractivity contribution in [1.29, 1.82) is 0 Å². The van der Waals surface area contributed by atoms with Gasteiger partial charge in [0, 0.05) is 25.3 Å². The number of nitrogens with one attached hydrogen (secondary N) is 2.